The van der Waals surface area contributed by atoms with Crippen molar-refractivity contribution in [2.45, 2.75) is 18.9 Å². The van der Waals surface area contributed by atoms with Gasteiger partial charge in [0.2, 0.25) is 0 Å². The van der Waals surface area contributed by atoms with E-state index in [1.807, 2.05) is 42.5 Å². The van der Waals surface area contributed by atoms with E-state index in [4.69, 9.17) is 9.73 Å². The third-order valence-electron chi connectivity index (χ3n) is 6.65. The Morgan fingerprint density at radius 1 is 1.11 bits per heavy atom. The highest BCUT2D eigenvalue weighted by molar-refractivity contribution is 14.1. The fourth-order valence-corrected chi connectivity index (χ4v) is 7.91. The lowest BCUT2D eigenvalue weighted by Crippen LogP contribution is -2.39. The summed E-state index contributed by atoms with van der Waals surface area (Å²) in [5.74, 6) is 0.922. The van der Waals surface area contributed by atoms with Gasteiger partial charge in [-0.2, -0.15) is 0 Å². The molecule has 0 bridgehead atoms. The minimum Gasteiger partial charge on any atom is -0.506 e. The maximum absolute atomic E-state index is 13.9. The summed E-state index contributed by atoms with van der Waals surface area (Å²) in [6.45, 7) is 0. The van der Waals surface area contributed by atoms with Gasteiger partial charge in [0.15, 0.2) is 4.80 Å². The van der Waals surface area contributed by atoms with Crippen LogP contribution in [-0.4, -0.2) is 16.8 Å². The predicted octanol–water partition coefficient (Wildman–Crippen LogP) is 5.24. The third-order valence-corrected chi connectivity index (χ3v) is 9.08. The first-order chi connectivity index (χ1) is 17.5. The van der Waals surface area contributed by atoms with E-state index in [2.05, 4.69) is 63.4 Å². The van der Waals surface area contributed by atoms with E-state index in [0.717, 1.165) is 48.1 Å². The number of aryl methyl sites for hydroxylation is 1. The predicted molar refractivity (Wildman–Crippen MR) is 159 cm³/mol. The molecule has 1 atom stereocenters. The molecule has 0 spiro atoms. The van der Waals surface area contributed by atoms with Gasteiger partial charge in [-0.25, -0.2) is 4.99 Å². The Balaban J connectivity index is 1.66. The first kappa shape index (κ1) is 23.9. The van der Waals surface area contributed by atoms with Crippen LogP contribution >= 0.6 is 56.5 Å². The molecule has 3 aromatic carbocycles. The molecule has 180 valence electrons. The van der Waals surface area contributed by atoms with Crippen LogP contribution in [-0.2, 0) is 6.42 Å². The van der Waals surface area contributed by atoms with Crippen LogP contribution in [0.2, 0.25) is 0 Å². The van der Waals surface area contributed by atoms with Crippen molar-refractivity contribution in [3.05, 3.63) is 115 Å². The molecule has 6 rings (SSSR count). The number of phenols is 1. The number of aromatic hydroxyl groups is 1. The maximum Gasteiger partial charge on any atom is 0.271 e. The summed E-state index contributed by atoms with van der Waals surface area (Å²) in [5, 5.41) is 10.7. The number of fused-ring (bicyclic) bond motifs is 3. The van der Waals surface area contributed by atoms with Crippen LogP contribution in [0.15, 0.2) is 76.0 Å². The summed E-state index contributed by atoms with van der Waals surface area (Å²) < 4.78 is 9.82. The van der Waals surface area contributed by atoms with E-state index in [1.54, 1.807) is 17.8 Å². The number of phenolic OH excluding ortho intramolecular Hbond substituents is 1. The van der Waals surface area contributed by atoms with Gasteiger partial charge in [-0.1, -0.05) is 53.8 Å². The first-order valence-corrected chi connectivity index (χ1v) is 14.4. The Bertz CT molecular complexity index is 1750. The van der Waals surface area contributed by atoms with Crippen LogP contribution in [0.5, 0.6) is 11.5 Å². The van der Waals surface area contributed by atoms with Gasteiger partial charge in [-0.3, -0.25) is 9.36 Å². The number of hydrogen-bond acceptors (Lipinski definition) is 5. The van der Waals surface area contributed by atoms with Gasteiger partial charge in [-0.15, -0.1) is 0 Å². The molecule has 36 heavy (non-hydrogen) atoms. The van der Waals surface area contributed by atoms with Crippen molar-refractivity contribution < 1.29 is 9.84 Å². The molecule has 1 N–H and O–H groups in total. The number of hydrogen-bond donors (Lipinski definition) is 1. The molecule has 1 aliphatic carbocycles. The quantitative estimate of drug-likeness (QED) is 0.295. The normalized spacial score (nSPS) is 16.8. The van der Waals surface area contributed by atoms with Gasteiger partial charge in [0.05, 0.1) is 27.0 Å². The third kappa shape index (κ3) is 3.93. The molecule has 0 unspecified atom stereocenters. The number of methoxy groups -OCH3 is 1. The largest absolute Gasteiger partial charge is 0.506 e. The van der Waals surface area contributed by atoms with Crippen molar-refractivity contribution in [3.63, 3.8) is 0 Å². The zero-order chi connectivity index (χ0) is 25.0. The summed E-state index contributed by atoms with van der Waals surface area (Å²) in [5.41, 5.74) is 5.93. The van der Waals surface area contributed by atoms with Crippen LogP contribution in [0.1, 0.15) is 34.7 Å². The summed E-state index contributed by atoms with van der Waals surface area (Å²) in [4.78, 5) is 19.6. The fraction of sp³-hybridized carbons (Fsp3) is 0.143. The molecule has 1 aliphatic heterocycles. The van der Waals surface area contributed by atoms with Crippen molar-refractivity contribution in [2.24, 2.45) is 4.99 Å². The van der Waals surface area contributed by atoms with Crippen LogP contribution < -0.4 is 19.6 Å². The van der Waals surface area contributed by atoms with Gasteiger partial charge in [0.25, 0.3) is 5.56 Å². The van der Waals surface area contributed by atoms with E-state index < -0.39 is 0 Å². The van der Waals surface area contributed by atoms with Gasteiger partial charge < -0.3 is 9.84 Å². The van der Waals surface area contributed by atoms with Crippen molar-refractivity contribution in [3.8, 4) is 11.5 Å². The standard InChI is InChI=1S/C28H20I2N2O3S/c1-35-22-9-5-4-8-19(22)25-20-11-10-15-6-2-3-7-18(15)24(20)31-28-32(25)27(34)23(36-28)13-16-12-17(29)14-21(30)26(16)33/h2-9,12-14,25,33H,10-11H2,1H3/b23-13+/t25-/m0/s1. The van der Waals surface area contributed by atoms with E-state index >= 15 is 0 Å². The molecule has 5 nitrogen and oxygen atoms in total. The molecule has 0 saturated heterocycles. The lowest BCUT2D eigenvalue weighted by molar-refractivity contribution is 0.402. The number of nitrogens with zero attached hydrogens (tertiary/aromatic N) is 2. The minimum absolute atomic E-state index is 0.117. The van der Waals surface area contributed by atoms with Gasteiger partial charge >= 0.3 is 0 Å². The highest BCUT2D eigenvalue weighted by atomic mass is 127. The average Bonchev–Trinajstić information content (AvgIpc) is 3.20. The first-order valence-electron chi connectivity index (χ1n) is 11.4. The Kier molecular flexibility index (Phi) is 6.29. The molecule has 2 heterocycles. The minimum atomic E-state index is -0.312. The summed E-state index contributed by atoms with van der Waals surface area (Å²) in [7, 11) is 1.66. The number of aromatic nitrogens is 1. The van der Waals surface area contributed by atoms with E-state index in [9.17, 15) is 9.90 Å². The number of para-hydroxylation sites is 1. The van der Waals surface area contributed by atoms with Crippen molar-refractivity contribution >= 4 is 68.3 Å². The molecular weight excluding hydrogens is 698 g/mol. The number of ether oxygens (including phenoxy) is 1. The Morgan fingerprint density at radius 3 is 2.72 bits per heavy atom. The monoisotopic (exact) mass is 718 g/mol. The van der Waals surface area contributed by atoms with Crippen molar-refractivity contribution in [2.75, 3.05) is 7.11 Å². The van der Waals surface area contributed by atoms with Gasteiger partial charge in [0.1, 0.15) is 11.5 Å². The average molecular weight is 718 g/mol. The number of allylic oxidation sites excluding steroid dienone is 1. The number of benzene rings is 3. The molecule has 2 aliphatic rings. The highest BCUT2D eigenvalue weighted by Gasteiger charge is 2.34. The number of thiazole rings is 1. The molecule has 1 aromatic heterocycles. The SMILES string of the molecule is COc1ccccc1[C@H]1C2=C(N=c3s/c(=C/c4cc(I)cc(I)c4O)c(=O)n31)c1ccccc1CC2. The Morgan fingerprint density at radius 2 is 1.89 bits per heavy atom. The highest BCUT2D eigenvalue weighted by Crippen LogP contribution is 2.43. The summed E-state index contributed by atoms with van der Waals surface area (Å²) in [6, 6.07) is 19.8. The second-order valence-electron chi connectivity index (χ2n) is 8.68. The fourth-order valence-electron chi connectivity index (χ4n) is 5.03. The topological polar surface area (TPSA) is 63.8 Å². The van der Waals surface area contributed by atoms with Crippen LogP contribution in [0, 0.1) is 7.14 Å². The number of halogens is 2. The molecule has 8 heteroatoms. The summed E-state index contributed by atoms with van der Waals surface area (Å²) in [6.07, 6.45) is 3.49. The van der Waals surface area contributed by atoms with E-state index in [0.29, 0.717) is 14.9 Å². The Hall–Kier alpha value is -2.44. The molecule has 0 saturated carbocycles. The van der Waals surface area contributed by atoms with Gasteiger partial charge in [-0.05, 0) is 93.4 Å². The van der Waals surface area contributed by atoms with Gasteiger partial charge in [0, 0.05) is 20.3 Å². The number of rotatable bonds is 3. The smallest absolute Gasteiger partial charge is 0.271 e. The van der Waals surface area contributed by atoms with Crippen LogP contribution in [0.4, 0.5) is 0 Å². The maximum atomic E-state index is 13.9. The second kappa shape index (κ2) is 9.46. The lowest BCUT2D eigenvalue weighted by atomic mass is 9.83. The van der Waals surface area contributed by atoms with Crippen molar-refractivity contribution in [1.29, 1.82) is 0 Å². The molecular formula is C28H20I2N2O3S. The summed E-state index contributed by atoms with van der Waals surface area (Å²) >= 11 is 5.69. The van der Waals surface area contributed by atoms with Crippen molar-refractivity contribution in [1.82, 2.24) is 4.57 Å². The lowest BCUT2D eigenvalue weighted by Gasteiger charge is -2.31. The molecule has 4 aromatic rings. The zero-order valence-corrected chi connectivity index (χ0v) is 24.3. The molecule has 0 fully saturated rings. The van der Waals surface area contributed by atoms with Crippen LogP contribution in [0.25, 0.3) is 11.8 Å². The van der Waals surface area contributed by atoms with Crippen LogP contribution in [0.3, 0.4) is 0 Å². The Labute approximate surface area is 238 Å². The zero-order valence-electron chi connectivity index (χ0n) is 19.2. The second-order valence-corrected chi connectivity index (χ2v) is 12.1. The van der Waals surface area contributed by atoms with E-state index in [-0.39, 0.29) is 17.4 Å². The van der Waals surface area contributed by atoms with E-state index in [1.165, 1.54) is 16.9 Å². The molecule has 0 radical (unpaired) electrons. The molecule has 0 amide bonds.